The molecule has 0 radical (unpaired) electrons. The van der Waals surface area contributed by atoms with Crippen LogP contribution in [0.15, 0.2) is 24.3 Å². The molecule has 0 fully saturated rings. The molecule has 1 N–H and O–H groups in total. The predicted octanol–water partition coefficient (Wildman–Crippen LogP) is 0.153. The molecule has 0 aliphatic rings. The molecule has 0 unspecified atom stereocenters. The van der Waals surface area contributed by atoms with Crippen LogP contribution in [-0.2, 0) is 19.9 Å². The van der Waals surface area contributed by atoms with Gasteiger partial charge in [0, 0.05) is 13.3 Å². The summed E-state index contributed by atoms with van der Waals surface area (Å²) >= 11 is 0. The van der Waals surface area contributed by atoms with E-state index < -0.39 is 30.9 Å². The summed E-state index contributed by atoms with van der Waals surface area (Å²) in [7, 11) is -6.78. The number of rotatable bonds is 5. The van der Waals surface area contributed by atoms with Crippen LogP contribution in [0.3, 0.4) is 0 Å². The van der Waals surface area contributed by atoms with Crippen LogP contribution in [0.1, 0.15) is 10.4 Å². The summed E-state index contributed by atoms with van der Waals surface area (Å²) in [5.74, 6) is -1.29. The lowest BCUT2D eigenvalue weighted by molar-refractivity contribution is 0.0698. The standard InChI is InChI=1S/C10H13NO6S2/c1-11(19(16,17)7-18(2,14)15)9-6-4-3-5-8(9)10(12)13/h3-6H,7H2,1-2H3,(H,12,13). The van der Waals surface area contributed by atoms with Gasteiger partial charge in [0.15, 0.2) is 14.9 Å². The molecule has 9 heteroatoms. The van der Waals surface area contributed by atoms with E-state index in [0.717, 1.165) is 13.3 Å². The van der Waals surface area contributed by atoms with Gasteiger partial charge in [0.1, 0.15) is 0 Å². The lowest BCUT2D eigenvalue weighted by Crippen LogP contribution is -2.33. The number of carboxylic acid groups (broad SMARTS) is 1. The fourth-order valence-corrected chi connectivity index (χ4v) is 4.68. The Kier molecular flexibility index (Phi) is 4.21. The zero-order valence-electron chi connectivity index (χ0n) is 10.3. The highest BCUT2D eigenvalue weighted by molar-refractivity contribution is 8.08. The molecule has 0 saturated heterocycles. The van der Waals surface area contributed by atoms with Crippen molar-refractivity contribution in [2.24, 2.45) is 0 Å². The van der Waals surface area contributed by atoms with Gasteiger partial charge in [-0.2, -0.15) is 0 Å². The number of anilines is 1. The van der Waals surface area contributed by atoms with Crippen LogP contribution in [0.25, 0.3) is 0 Å². The number of carboxylic acids is 1. The third kappa shape index (κ3) is 3.93. The Morgan fingerprint density at radius 1 is 1.21 bits per heavy atom. The molecule has 0 aromatic heterocycles. The second kappa shape index (κ2) is 5.17. The van der Waals surface area contributed by atoms with Crippen LogP contribution in [0.2, 0.25) is 0 Å². The van der Waals surface area contributed by atoms with Gasteiger partial charge < -0.3 is 5.11 Å². The lowest BCUT2D eigenvalue weighted by atomic mass is 10.2. The maximum Gasteiger partial charge on any atom is 0.337 e. The first-order chi connectivity index (χ1) is 8.54. The van der Waals surface area contributed by atoms with Crippen molar-refractivity contribution < 1.29 is 26.7 Å². The fourth-order valence-electron chi connectivity index (χ4n) is 1.43. The molecule has 19 heavy (non-hydrogen) atoms. The number of para-hydroxylation sites is 1. The molecule has 1 rings (SSSR count). The number of sulfonamides is 1. The van der Waals surface area contributed by atoms with Crippen molar-refractivity contribution in [1.29, 1.82) is 0 Å². The summed E-state index contributed by atoms with van der Waals surface area (Å²) in [6, 6.07) is 5.45. The SMILES string of the molecule is CN(c1ccccc1C(=O)O)S(=O)(=O)CS(C)(=O)=O. The molecule has 0 aliphatic carbocycles. The molecule has 0 aliphatic heterocycles. The second-order valence-electron chi connectivity index (χ2n) is 3.95. The number of sulfone groups is 1. The minimum atomic E-state index is -4.15. The number of benzene rings is 1. The van der Waals surface area contributed by atoms with E-state index in [1.165, 1.54) is 24.3 Å². The van der Waals surface area contributed by atoms with Gasteiger partial charge in [0.05, 0.1) is 11.3 Å². The van der Waals surface area contributed by atoms with Gasteiger partial charge in [0.25, 0.3) is 0 Å². The van der Waals surface area contributed by atoms with E-state index in [2.05, 4.69) is 0 Å². The van der Waals surface area contributed by atoms with Crippen molar-refractivity contribution in [2.45, 2.75) is 0 Å². The highest BCUT2D eigenvalue weighted by atomic mass is 32.3. The number of hydrogen-bond donors (Lipinski definition) is 1. The van der Waals surface area contributed by atoms with Crippen LogP contribution >= 0.6 is 0 Å². The molecule has 106 valence electrons. The summed E-state index contributed by atoms with van der Waals surface area (Å²) < 4.78 is 46.6. The number of aromatic carboxylic acids is 1. The monoisotopic (exact) mass is 307 g/mol. The normalized spacial score (nSPS) is 12.1. The molecule has 1 aromatic rings. The average molecular weight is 307 g/mol. The van der Waals surface area contributed by atoms with E-state index in [9.17, 15) is 21.6 Å². The van der Waals surface area contributed by atoms with Crippen molar-refractivity contribution in [3.8, 4) is 0 Å². The molecule has 7 nitrogen and oxygen atoms in total. The maximum absolute atomic E-state index is 11.9. The molecule has 0 spiro atoms. The first-order valence-corrected chi connectivity index (χ1v) is 8.68. The van der Waals surface area contributed by atoms with Gasteiger partial charge in [-0.05, 0) is 12.1 Å². The highest BCUT2D eigenvalue weighted by Gasteiger charge is 2.26. The van der Waals surface area contributed by atoms with E-state index in [0.29, 0.717) is 4.31 Å². The van der Waals surface area contributed by atoms with E-state index in [-0.39, 0.29) is 11.3 Å². The van der Waals surface area contributed by atoms with E-state index in [4.69, 9.17) is 5.11 Å². The largest absolute Gasteiger partial charge is 0.478 e. The summed E-state index contributed by atoms with van der Waals surface area (Å²) in [5, 5.41) is 7.89. The number of nitrogens with zero attached hydrogens (tertiary/aromatic N) is 1. The maximum atomic E-state index is 11.9. The minimum Gasteiger partial charge on any atom is -0.478 e. The fraction of sp³-hybridized carbons (Fsp3) is 0.300. The van der Waals surface area contributed by atoms with Crippen molar-refractivity contribution in [2.75, 3.05) is 22.7 Å². The first kappa shape index (κ1) is 15.4. The van der Waals surface area contributed by atoms with Crippen molar-refractivity contribution in [3.63, 3.8) is 0 Å². The number of hydrogen-bond acceptors (Lipinski definition) is 5. The summed E-state index contributed by atoms with van der Waals surface area (Å²) in [6.07, 6.45) is 0.793. The Balaban J connectivity index is 3.28. The summed E-state index contributed by atoms with van der Waals surface area (Å²) in [6.45, 7) is 0. The Labute approximate surface area is 111 Å². The summed E-state index contributed by atoms with van der Waals surface area (Å²) in [5.41, 5.74) is -0.305. The first-order valence-electron chi connectivity index (χ1n) is 5.01. The zero-order chi connectivity index (χ0) is 14.8. The van der Waals surface area contributed by atoms with Crippen molar-refractivity contribution in [1.82, 2.24) is 0 Å². The topological polar surface area (TPSA) is 109 Å². The number of carbonyl (C=O) groups is 1. The molecule has 0 heterocycles. The molecule has 1 aromatic carbocycles. The van der Waals surface area contributed by atoms with Gasteiger partial charge in [-0.1, -0.05) is 12.1 Å². The van der Waals surface area contributed by atoms with Crippen LogP contribution in [-0.4, -0.2) is 46.3 Å². The van der Waals surface area contributed by atoms with Crippen LogP contribution in [0.4, 0.5) is 5.69 Å². The van der Waals surface area contributed by atoms with Gasteiger partial charge in [0.2, 0.25) is 10.0 Å². The molecule has 0 bridgehead atoms. The molecule has 0 saturated carbocycles. The van der Waals surface area contributed by atoms with Gasteiger partial charge in [-0.15, -0.1) is 0 Å². The van der Waals surface area contributed by atoms with Gasteiger partial charge >= 0.3 is 5.97 Å². The Morgan fingerprint density at radius 2 is 1.74 bits per heavy atom. The van der Waals surface area contributed by atoms with Crippen LogP contribution in [0, 0.1) is 0 Å². The Hall–Kier alpha value is -1.61. The molecule has 0 amide bonds. The Morgan fingerprint density at radius 3 is 2.21 bits per heavy atom. The van der Waals surface area contributed by atoms with E-state index >= 15 is 0 Å². The van der Waals surface area contributed by atoms with E-state index in [1.54, 1.807) is 0 Å². The smallest absolute Gasteiger partial charge is 0.337 e. The van der Waals surface area contributed by atoms with E-state index in [1.807, 2.05) is 0 Å². The predicted molar refractivity (Wildman–Crippen MR) is 70.4 cm³/mol. The quantitative estimate of drug-likeness (QED) is 0.829. The Bertz CT molecular complexity index is 692. The zero-order valence-corrected chi connectivity index (χ0v) is 11.9. The highest BCUT2D eigenvalue weighted by Crippen LogP contribution is 2.22. The van der Waals surface area contributed by atoms with Crippen LogP contribution in [0.5, 0.6) is 0 Å². The van der Waals surface area contributed by atoms with Crippen LogP contribution < -0.4 is 4.31 Å². The summed E-state index contributed by atoms with van der Waals surface area (Å²) in [4.78, 5) is 11.0. The third-order valence-electron chi connectivity index (χ3n) is 2.25. The molecular formula is C10H13NO6S2. The third-order valence-corrected chi connectivity index (χ3v) is 6.19. The van der Waals surface area contributed by atoms with Crippen molar-refractivity contribution >= 4 is 31.5 Å². The second-order valence-corrected chi connectivity index (χ2v) is 8.45. The van der Waals surface area contributed by atoms with Gasteiger partial charge in [-0.25, -0.2) is 21.6 Å². The lowest BCUT2D eigenvalue weighted by Gasteiger charge is -2.20. The average Bonchev–Trinajstić information content (AvgIpc) is 2.24. The van der Waals surface area contributed by atoms with Gasteiger partial charge in [-0.3, -0.25) is 4.31 Å². The van der Waals surface area contributed by atoms with Crippen molar-refractivity contribution in [3.05, 3.63) is 29.8 Å². The molecule has 0 atom stereocenters. The minimum absolute atomic E-state index is 0.0846. The molecular weight excluding hydrogens is 294 g/mol.